The van der Waals surface area contributed by atoms with E-state index in [4.69, 9.17) is 17.3 Å². The number of carbonyl (C=O) groups excluding carboxylic acids is 5. The number of Topliss-reactive ketones (excluding diaryl/α,β-unsaturated/α-hetero) is 2. The summed E-state index contributed by atoms with van der Waals surface area (Å²) in [7, 11) is 4.05. The molecular weight excluding hydrogens is 600 g/mol. The van der Waals surface area contributed by atoms with Crippen LogP contribution in [0.5, 0.6) is 0 Å². The van der Waals surface area contributed by atoms with Crippen molar-refractivity contribution in [3.63, 3.8) is 0 Å². The number of allylic oxidation sites excluding steroid dienone is 2. The van der Waals surface area contributed by atoms with E-state index in [0.717, 1.165) is 37.8 Å². The minimum atomic E-state index is -0.477. The Morgan fingerprint density at radius 3 is 1.89 bits per heavy atom. The second kappa shape index (κ2) is 21.6. The van der Waals surface area contributed by atoms with Crippen LogP contribution in [0.25, 0.3) is 0 Å². The van der Waals surface area contributed by atoms with Crippen molar-refractivity contribution in [3.05, 3.63) is 23.3 Å². The fourth-order valence-corrected chi connectivity index (χ4v) is 5.55. The fourth-order valence-electron chi connectivity index (χ4n) is 5.38. The number of carbonyl (C=O) groups is 5. The van der Waals surface area contributed by atoms with Crippen molar-refractivity contribution in [2.75, 3.05) is 41.0 Å². The first-order valence-corrected chi connectivity index (χ1v) is 16.1. The average molecular weight is 653 g/mol. The molecule has 0 aromatic heterocycles. The van der Waals surface area contributed by atoms with Gasteiger partial charge in [0.25, 0.3) is 0 Å². The van der Waals surface area contributed by atoms with E-state index in [-0.39, 0.29) is 42.0 Å². The first kappa shape index (κ1) is 39.9. The molecule has 45 heavy (non-hydrogen) atoms. The van der Waals surface area contributed by atoms with E-state index in [2.05, 4.69) is 44.8 Å². The highest BCUT2D eigenvalue weighted by atomic mass is 32.1. The Morgan fingerprint density at radius 2 is 1.44 bits per heavy atom. The molecule has 12 heteroatoms. The summed E-state index contributed by atoms with van der Waals surface area (Å²) in [5.41, 5.74) is 2.28. The van der Waals surface area contributed by atoms with Gasteiger partial charge in [0, 0.05) is 31.0 Å². The third kappa shape index (κ3) is 14.7. The monoisotopic (exact) mass is 652 g/mol. The maximum absolute atomic E-state index is 11.2. The van der Waals surface area contributed by atoms with Crippen LogP contribution in [-0.4, -0.2) is 80.7 Å². The van der Waals surface area contributed by atoms with E-state index < -0.39 is 11.8 Å². The SMILES string of the molecule is CC1C=C(CNC(=S)NCCO)CC1.COC(=O)C1=CC(C)CC1.COC(=O)C1CCC(C)C1=O.COC(=O)C1CCCC1=O. The lowest BCUT2D eigenvalue weighted by atomic mass is 10.1. The minimum Gasteiger partial charge on any atom is -0.468 e. The molecule has 0 aromatic carbocycles. The van der Waals surface area contributed by atoms with Crippen LogP contribution < -0.4 is 10.6 Å². The number of hydrogen-bond acceptors (Lipinski definition) is 10. The first-order chi connectivity index (χ1) is 21.4. The van der Waals surface area contributed by atoms with Crippen LogP contribution in [0.15, 0.2) is 23.3 Å². The molecule has 0 bridgehead atoms. The standard InChI is InChI=1S/C10H18N2OS.C8H12O3.C8H12O2.C7H10O3/c1-8-2-3-9(6-8)7-12-10(14)11-4-5-13;1-5-3-4-6(7(5)9)8(10)11-2;1-6-3-4-7(5-6)8(9)10-2;1-10-7(9)5-3-2-4-6(5)8/h6,8,13H,2-5,7H2,1H3,(H2,11,12,14);5-6H,3-4H2,1-2H3;5-6H,3-4H2,1-2H3;5H,2-4H2,1H3. The van der Waals surface area contributed by atoms with Crippen molar-refractivity contribution in [2.24, 2.45) is 29.6 Å². The molecular formula is C33H52N2O9S. The smallest absolute Gasteiger partial charge is 0.333 e. The molecule has 0 amide bonds. The maximum Gasteiger partial charge on any atom is 0.333 e. The second-order valence-corrected chi connectivity index (χ2v) is 12.2. The molecule has 5 unspecified atom stereocenters. The van der Waals surface area contributed by atoms with Gasteiger partial charge in [0.1, 0.15) is 23.4 Å². The Bertz CT molecular complexity index is 1090. The molecule has 0 spiro atoms. The van der Waals surface area contributed by atoms with Gasteiger partial charge >= 0.3 is 17.9 Å². The third-order valence-electron chi connectivity index (χ3n) is 8.11. The Labute approximate surface area is 272 Å². The number of hydrogen-bond donors (Lipinski definition) is 3. The molecule has 2 saturated carbocycles. The summed E-state index contributed by atoms with van der Waals surface area (Å²) in [4.78, 5) is 54.7. The molecule has 11 nitrogen and oxygen atoms in total. The molecule has 0 aromatic rings. The number of aliphatic hydroxyl groups is 1. The van der Waals surface area contributed by atoms with Gasteiger partial charge in [-0.15, -0.1) is 0 Å². The Hall–Kier alpha value is -3.12. The largest absolute Gasteiger partial charge is 0.468 e. The molecule has 0 aliphatic heterocycles. The molecule has 4 rings (SSSR count). The van der Waals surface area contributed by atoms with Crippen LogP contribution in [-0.2, 0) is 38.2 Å². The zero-order chi connectivity index (χ0) is 33.9. The van der Waals surface area contributed by atoms with E-state index in [9.17, 15) is 24.0 Å². The van der Waals surface area contributed by atoms with Crippen molar-refractivity contribution in [3.8, 4) is 0 Å². The number of aliphatic hydroxyl groups excluding tert-OH is 1. The molecule has 0 saturated heterocycles. The van der Waals surface area contributed by atoms with Crippen LogP contribution in [0.1, 0.15) is 78.6 Å². The van der Waals surface area contributed by atoms with E-state index in [0.29, 0.717) is 42.8 Å². The number of nitrogens with one attached hydrogen (secondary N) is 2. The minimum absolute atomic E-state index is 0.0341. The van der Waals surface area contributed by atoms with Gasteiger partial charge in [-0.1, -0.05) is 38.5 Å². The highest BCUT2D eigenvalue weighted by Gasteiger charge is 2.36. The third-order valence-corrected chi connectivity index (χ3v) is 8.40. The average Bonchev–Trinajstić information content (AvgIpc) is 3.84. The number of rotatable bonds is 7. The quantitative estimate of drug-likeness (QED) is 0.121. The van der Waals surface area contributed by atoms with Crippen LogP contribution >= 0.6 is 12.2 Å². The molecule has 254 valence electrons. The Kier molecular flexibility index (Phi) is 19.1. The Balaban J connectivity index is 0.000000303. The molecule has 5 atom stereocenters. The van der Waals surface area contributed by atoms with Crippen LogP contribution in [0.4, 0.5) is 0 Å². The van der Waals surface area contributed by atoms with Crippen molar-refractivity contribution in [1.29, 1.82) is 0 Å². The summed E-state index contributed by atoms with van der Waals surface area (Å²) in [6.07, 6.45) is 12.2. The fraction of sp³-hybridized carbons (Fsp3) is 0.697. The number of methoxy groups -OCH3 is 3. The van der Waals surface area contributed by atoms with Gasteiger partial charge < -0.3 is 30.0 Å². The van der Waals surface area contributed by atoms with E-state index in [1.165, 1.54) is 39.7 Å². The van der Waals surface area contributed by atoms with Gasteiger partial charge in [0.2, 0.25) is 0 Å². The Morgan fingerprint density at radius 1 is 0.822 bits per heavy atom. The topological polar surface area (TPSA) is 157 Å². The molecule has 3 N–H and O–H groups in total. The molecule has 4 aliphatic carbocycles. The molecule has 2 fully saturated rings. The summed E-state index contributed by atoms with van der Waals surface area (Å²) in [6.45, 7) is 7.65. The zero-order valence-electron chi connectivity index (χ0n) is 27.6. The summed E-state index contributed by atoms with van der Waals surface area (Å²) in [5.74, 6) is -0.464. The van der Waals surface area contributed by atoms with Gasteiger partial charge in [-0.2, -0.15) is 0 Å². The van der Waals surface area contributed by atoms with Crippen molar-refractivity contribution < 1.29 is 43.3 Å². The predicted octanol–water partition coefficient (Wildman–Crippen LogP) is 3.62. The van der Waals surface area contributed by atoms with Gasteiger partial charge in [0.05, 0.1) is 27.9 Å². The maximum atomic E-state index is 11.2. The van der Waals surface area contributed by atoms with E-state index in [1.807, 2.05) is 13.0 Å². The zero-order valence-corrected chi connectivity index (χ0v) is 28.5. The summed E-state index contributed by atoms with van der Waals surface area (Å²) >= 11 is 5.02. The second-order valence-electron chi connectivity index (χ2n) is 11.8. The lowest BCUT2D eigenvalue weighted by molar-refractivity contribution is -0.149. The summed E-state index contributed by atoms with van der Waals surface area (Å²) < 4.78 is 13.5. The summed E-state index contributed by atoms with van der Waals surface area (Å²) in [5, 5.41) is 15.2. The van der Waals surface area contributed by atoms with Crippen molar-refractivity contribution in [2.45, 2.75) is 78.6 Å². The highest BCUT2D eigenvalue weighted by Crippen LogP contribution is 2.27. The molecule has 0 radical (unpaired) electrons. The van der Waals surface area contributed by atoms with E-state index in [1.54, 1.807) is 0 Å². The van der Waals surface area contributed by atoms with Gasteiger partial charge in [-0.25, -0.2) is 4.79 Å². The van der Waals surface area contributed by atoms with Crippen LogP contribution in [0.2, 0.25) is 0 Å². The number of ether oxygens (including phenoxy) is 3. The van der Waals surface area contributed by atoms with Crippen molar-refractivity contribution >= 4 is 46.8 Å². The van der Waals surface area contributed by atoms with Crippen LogP contribution in [0, 0.1) is 29.6 Å². The number of ketones is 2. The van der Waals surface area contributed by atoms with Crippen molar-refractivity contribution in [1.82, 2.24) is 10.6 Å². The van der Waals surface area contributed by atoms with Gasteiger partial charge in [0.15, 0.2) is 5.11 Å². The lowest BCUT2D eigenvalue weighted by Gasteiger charge is -2.09. The lowest BCUT2D eigenvalue weighted by Crippen LogP contribution is -2.37. The molecule has 4 aliphatic rings. The van der Waals surface area contributed by atoms with Gasteiger partial charge in [-0.3, -0.25) is 19.2 Å². The van der Waals surface area contributed by atoms with Gasteiger partial charge in [-0.05, 0) is 75.4 Å². The number of esters is 3. The molecule has 0 heterocycles. The predicted molar refractivity (Wildman–Crippen MR) is 174 cm³/mol. The van der Waals surface area contributed by atoms with Crippen LogP contribution in [0.3, 0.4) is 0 Å². The highest BCUT2D eigenvalue weighted by molar-refractivity contribution is 7.80. The van der Waals surface area contributed by atoms with E-state index >= 15 is 0 Å². The normalized spacial score (nSPS) is 24.7. The summed E-state index contributed by atoms with van der Waals surface area (Å²) in [6, 6.07) is 0. The first-order valence-electron chi connectivity index (χ1n) is 15.7. The number of thiocarbonyl (C=S) groups is 1.